The molecule has 0 aliphatic carbocycles. The summed E-state index contributed by atoms with van der Waals surface area (Å²) >= 11 is 0. The van der Waals surface area contributed by atoms with Crippen LogP contribution in [0.4, 0.5) is 0 Å². The molecule has 2 atom stereocenters. The molecule has 4 nitrogen and oxygen atoms in total. The summed E-state index contributed by atoms with van der Waals surface area (Å²) in [4.78, 5) is 11.1. The van der Waals surface area contributed by atoms with Gasteiger partial charge in [-0.15, -0.1) is 0 Å². The zero-order chi connectivity index (χ0) is 12.3. The summed E-state index contributed by atoms with van der Waals surface area (Å²) < 4.78 is 14.0. The SMILES string of the molecule is CCCC(C)(N[S@](=O)C(C)(C)C)C(=O)O. The van der Waals surface area contributed by atoms with Crippen molar-refractivity contribution >= 4 is 17.0 Å². The second-order valence-corrected chi connectivity index (χ2v) is 6.84. The first-order valence-corrected chi connectivity index (χ1v) is 6.21. The minimum absolute atomic E-state index is 0.454. The van der Waals surface area contributed by atoms with Crippen LogP contribution in [0.25, 0.3) is 0 Å². The maximum Gasteiger partial charge on any atom is 0.324 e. The molecule has 0 aliphatic heterocycles. The summed E-state index contributed by atoms with van der Waals surface area (Å²) in [7, 11) is -1.36. The molecule has 0 fully saturated rings. The third kappa shape index (κ3) is 4.30. The van der Waals surface area contributed by atoms with E-state index in [2.05, 4.69) is 4.72 Å². The quantitative estimate of drug-likeness (QED) is 0.762. The molecule has 0 radical (unpaired) electrons. The molecule has 0 saturated heterocycles. The average molecular weight is 235 g/mol. The maximum absolute atomic E-state index is 11.8. The molecule has 5 heteroatoms. The predicted molar refractivity (Wildman–Crippen MR) is 62.0 cm³/mol. The Morgan fingerprint density at radius 1 is 1.33 bits per heavy atom. The normalized spacial score (nSPS) is 18.2. The molecule has 0 aliphatic rings. The highest BCUT2D eigenvalue weighted by Gasteiger charge is 2.36. The Kier molecular flexibility index (Phi) is 4.93. The summed E-state index contributed by atoms with van der Waals surface area (Å²) in [5.74, 6) is -0.957. The van der Waals surface area contributed by atoms with Crippen LogP contribution in [0.3, 0.4) is 0 Å². The number of carboxylic acids is 1. The van der Waals surface area contributed by atoms with Gasteiger partial charge in [0, 0.05) is 0 Å². The summed E-state index contributed by atoms with van der Waals surface area (Å²) in [6.07, 6.45) is 1.20. The van der Waals surface area contributed by atoms with Crippen molar-refractivity contribution in [3.8, 4) is 0 Å². The fraction of sp³-hybridized carbons (Fsp3) is 0.900. The molecule has 0 aromatic carbocycles. The second kappa shape index (κ2) is 5.07. The van der Waals surface area contributed by atoms with E-state index < -0.39 is 27.2 Å². The van der Waals surface area contributed by atoms with E-state index >= 15 is 0 Å². The van der Waals surface area contributed by atoms with E-state index in [4.69, 9.17) is 5.11 Å². The highest BCUT2D eigenvalue weighted by Crippen LogP contribution is 2.17. The molecule has 0 rings (SSSR count). The maximum atomic E-state index is 11.8. The van der Waals surface area contributed by atoms with Gasteiger partial charge < -0.3 is 5.11 Å². The largest absolute Gasteiger partial charge is 0.480 e. The fourth-order valence-corrected chi connectivity index (χ4v) is 1.96. The minimum atomic E-state index is -1.36. The molecule has 15 heavy (non-hydrogen) atoms. The van der Waals surface area contributed by atoms with E-state index in [9.17, 15) is 9.00 Å². The van der Waals surface area contributed by atoms with Crippen LogP contribution in [-0.2, 0) is 15.8 Å². The summed E-state index contributed by atoms with van der Waals surface area (Å²) in [6, 6.07) is 0. The molecule has 0 spiro atoms. The molecular weight excluding hydrogens is 214 g/mol. The number of aliphatic carboxylic acids is 1. The number of hydrogen-bond donors (Lipinski definition) is 2. The lowest BCUT2D eigenvalue weighted by Gasteiger charge is -2.29. The van der Waals surface area contributed by atoms with E-state index in [1.165, 1.54) is 0 Å². The number of rotatable bonds is 5. The van der Waals surface area contributed by atoms with Crippen LogP contribution in [0, 0.1) is 0 Å². The third-order valence-corrected chi connectivity index (χ3v) is 3.84. The molecule has 2 N–H and O–H groups in total. The average Bonchev–Trinajstić information content (AvgIpc) is 2.02. The molecule has 1 unspecified atom stereocenters. The number of nitrogens with one attached hydrogen (secondary N) is 1. The van der Waals surface area contributed by atoms with Gasteiger partial charge in [0.1, 0.15) is 5.54 Å². The molecule has 0 heterocycles. The first kappa shape index (κ1) is 14.6. The zero-order valence-electron chi connectivity index (χ0n) is 10.1. The monoisotopic (exact) mass is 235 g/mol. The van der Waals surface area contributed by atoms with E-state index in [0.29, 0.717) is 6.42 Å². The lowest BCUT2D eigenvalue weighted by Crippen LogP contribution is -2.53. The van der Waals surface area contributed by atoms with Crippen molar-refractivity contribution in [1.29, 1.82) is 0 Å². The first-order valence-electron chi connectivity index (χ1n) is 5.06. The fourth-order valence-electron chi connectivity index (χ4n) is 1.06. The zero-order valence-corrected chi connectivity index (χ0v) is 10.9. The molecule has 0 bridgehead atoms. The summed E-state index contributed by atoms with van der Waals surface area (Å²) in [5.41, 5.74) is -1.10. The van der Waals surface area contributed by atoms with Crippen LogP contribution in [0.5, 0.6) is 0 Å². The number of hydrogen-bond acceptors (Lipinski definition) is 2. The second-order valence-electron chi connectivity index (χ2n) is 4.87. The van der Waals surface area contributed by atoms with Gasteiger partial charge in [-0.25, -0.2) is 8.93 Å². The van der Waals surface area contributed by atoms with Crippen LogP contribution in [-0.4, -0.2) is 25.6 Å². The van der Waals surface area contributed by atoms with Crippen molar-refractivity contribution in [2.75, 3.05) is 0 Å². The van der Waals surface area contributed by atoms with Crippen LogP contribution in [0.15, 0.2) is 0 Å². The Morgan fingerprint density at radius 2 is 1.80 bits per heavy atom. The van der Waals surface area contributed by atoms with Gasteiger partial charge in [0.25, 0.3) is 0 Å². The van der Waals surface area contributed by atoms with Crippen LogP contribution in [0.1, 0.15) is 47.5 Å². The predicted octanol–water partition coefficient (Wildman–Crippen LogP) is 1.68. The van der Waals surface area contributed by atoms with Crippen LogP contribution in [0.2, 0.25) is 0 Å². The number of carbonyl (C=O) groups is 1. The van der Waals surface area contributed by atoms with Gasteiger partial charge in [0.05, 0.1) is 15.7 Å². The van der Waals surface area contributed by atoms with E-state index in [-0.39, 0.29) is 0 Å². The molecule has 0 amide bonds. The van der Waals surface area contributed by atoms with Gasteiger partial charge in [-0.2, -0.15) is 0 Å². The Morgan fingerprint density at radius 3 is 2.07 bits per heavy atom. The molecule has 90 valence electrons. The van der Waals surface area contributed by atoms with Gasteiger partial charge >= 0.3 is 5.97 Å². The Hall–Kier alpha value is -0.420. The van der Waals surface area contributed by atoms with Gasteiger partial charge in [0.15, 0.2) is 0 Å². The van der Waals surface area contributed by atoms with Crippen molar-refractivity contribution in [3.05, 3.63) is 0 Å². The van der Waals surface area contributed by atoms with Gasteiger partial charge in [-0.05, 0) is 34.1 Å². The Bertz CT molecular complexity index is 260. The van der Waals surface area contributed by atoms with Crippen molar-refractivity contribution < 1.29 is 14.1 Å². The minimum Gasteiger partial charge on any atom is -0.480 e. The molecule has 0 saturated carbocycles. The number of carboxylic acid groups (broad SMARTS) is 1. The Labute approximate surface area is 94.0 Å². The van der Waals surface area contributed by atoms with Crippen molar-refractivity contribution in [2.24, 2.45) is 0 Å². The summed E-state index contributed by atoms with van der Waals surface area (Å²) in [5, 5.41) is 9.08. The topological polar surface area (TPSA) is 66.4 Å². The highest BCUT2D eigenvalue weighted by atomic mass is 32.2. The van der Waals surface area contributed by atoms with Crippen LogP contribution >= 0.6 is 0 Å². The van der Waals surface area contributed by atoms with Crippen molar-refractivity contribution in [3.63, 3.8) is 0 Å². The van der Waals surface area contributed by atoms with Crippen molar-refractivity contribution in [2.45, 2.75) is 57.7 Å². The Balaban J connectivity index is 4.71. The molecular formula is C10H21NO3S. The van der Waals surface area contributed by atoms with Gasteiger partial charge in [-0.1, -0.05) is 13.3 Å². The standard InChI is InChI=1S/C10H21NO3S/c1-6-7-10(5,8(12)13)11-15(14)9(2,3)4/h11H,6-7H2,1-5H3,(H,12,13)/t10?,15-/m1/s1. The van der Waals surface area contributed by atoms with E-state index in [0.717, 1.165) is 6.42 Å². The van der Waals surface area contributed by atoms with E-state index in [1.54, 1.807) is 6.92 Å². The highest BCUT2D eigenvalue weighted by molar-refractivity contribution is 7.84. The lowest BCUT2D eigenvalue weighted by atomic mass is 9.98. The first-order chi connectivity index (χ1) is 6.63. The van der Waals surface area contributed by atoms with Gasteiger partial charge in [-0.3, -0.25) is 4.79 Å². The summed E-state index contributed by atoms with van der Waals surface area (Å²) in [6.45, 7) is 8.91. The smallest absolute Gasteiger partial charge is 0.324 e. The third-order valence-electron chi connectivity index (χ3n) is 2.10. The van der Waals surface area contributed by atoms with Crippen molar-refractivity contribution in [1.82, 2.24) is 4.72 Å². The van der Waals surface area contributed by atoms with E-state index in [1.807, 2.05) is 27.7 Å². The van der Waals surface area contributed by atoms with Gasteiger partial charge in [0.2, 0.25) is 0 Å². The molecule has 0 aromatic rings. The van der Waals surface area contributed by atoms with Crippen LogP contribution < -0.4 is 4.72 Å². The lowest BCUT2D eigenvalue weighted by molar-refractivity contribution is -0.143. The molecule has 0 aromatic heterocycles.